The van der Waals surface area contributed by atoms with Gasteiger partial charge in [-0.25, -0.2) is 0 Å². The molecule has 0 unspecified atom stereocenters. The molecule has 0 fully saturated rings. The minimum absolute atomic E-state index is 0.0926. The van der Waals surface area contributed by atoms with E-state index < -0.39 is 4.92 Å². The third-order valence-corrected chi connectivity index (χ3v) is 2.75. The van der Waals surface area contributed by atoms with Crippen LogP contribution in [0.1, 0.15) is 19.4 Å². The Morgan fingerprint density at radius 1 is 1.38 bits per heavy atom. The van der Waals surface area contributed by atoms with E-state index in [0.29, 0.717) is 15.6 Å². The van der Waals surface area contributed by atoms with Gasteiger partial charge in [0.05, 0.1) is 4.92 Å². The zero-order chi connectivity index (χ0) is 12.3. The van der Waals surface area contributed by atoms with Gasteiger partial charge in [0, 0.05) is 27.6 Å². The molecular formula is C11H11Cl2NO2. The molecule has 0 saturated heterocycles. The highest BCUT2D eigenvalue weighted by molar-refractivity contribution is 6.37. The maximum Gasteiger partial charge on any atom is 0.249 e. The first-order chi connectivity index (χ1) is 7.43. The summed E-state index contributed by atoms with van der Waals surface area (Å²) < 4.78 is 0. The molecule has 86 valence electrons. The molecule has 16 heavy (non-hydrogen) atoms. The van der Waals surface area contributed by atoms with Gasteiger partial charge in [-0.15, -0.1) is 0 Å². The molecule has 0 aromatic heterocycles. The van der Waals surface area contributed by atoms with E-state index in [9.17, 15) is 10.1 Å². The number of benzene rings is 1. The number of nitro groups is 1. The van der Waals surface area contributed by atoms with Gasteiger partial charge in [-0.3, -0.25) is 10.1 Å². The minimum atomic E-state index is -0.412. The molecule has 0 N–H and O–H groups in total. The van der Waals surface area contributed by atoms with Crippen molar-refractivity contribution in [3.8, 4) is 0 Å². The monoisotopic (exact) mass is 259 g/mol. The van der Waals surface area contributed by atoms with Gasteiger partial charge in [0.1, 0.15) is 0 Å². The Balaban J connectivity index is 3.28. The normalized spacial score (nSPS) is 11.9. The molecular weight excluding hydrogens is 249 g/mol. The molecule has 0 aliphatic carbocycles. The van der Waals surface area contributed by atoms with Crippen LogP contribution in [0.5, 0.6) is 0 Å². The Bertz CT molecular complexity index is 421. The number of rotatable bonds is 3. The fraction of sp³-hybridized carbons (Fsp3) is 0.273. The van der Waals surface area contributed by atoms with Crippen LogP contribution in [0.3, 0.4) is 0 Å². The van der Waals surface area contributed by atoms with Crippen LogP contribution in [-0.2, 0) is 0 Å². The first-order valence-electron chi connectivity index (χ1n) is 4.73. The molecule has 1 rings (SSSR count). The first kappa shape index (κ1) is 13.0. The summed E-state index contributed by atoms with van der Waals surface area (Å²) in [5, 5.41) is 11.6. The van der Waals surface area contributed by atoms with Crippen molar-refractivity contribution >= 4 is 29.3 Å². The molecule has 1 aromatic carbocycles. The molecule has 0 saturated carbocycles. The average Bonchev–Trinajstić information content (AvgIpc) is 2.15. The highest BCUT2D eigenvalue weighted by Gasteiger charge is 2.17. The van der Waals surface area contributed by atoms with Crippen LogP contribution in [0.25, 0.3) is 6.08 Å². The lowest BCUT2D eigenvalue weighted by molar-refractivity contribution is -0.431. The number of nitrogens with zero attached hydrogens (tertiary/aromatic N) is 1. The fourth-order valence-electron chi connectivity index (χ4n) is 1.23. The second kappa shape index (κ2) is 5.32. The second-order valence-corrected chi connectivity index (χ2v) is 4.43. The topological polar surface area (TPSA) is 43.1 Å². The summed E-state index contributed by atoms with van der Waals surface area (Å²) in [6.07, 6.45) is 1.43. The second-order valence-electron chi connectivity index (χ2n) is 3.62. The number of halogens is 2. The van der Waals surface area contributed by atoms with E-state index >= 15 is 0 Å². The molecule has 3 nitrogen and oxygen atoms in total. The lowest BCUT2D eigenvalue weighted by Crippen LogP contribution is -2.05. The van der Waals surface area contributed by atoms with Crippen molar-refractivity contribution in [3.05, 3.63) is 49.6 Å². The summed E-state index contributed by atoms with van der Waals surface area (Å²) in [5.74, 6) is -0.192. The van der Waals surface area contributed by atoms with Crippen molar-refractivity contribution in [2.75, 3.05) is 0 Å². The first-order valence-corrected chi connectivity index (χ1v) is 5.49. The summed E-state index contributed by atoms with van der Waals surface area (Å²) in [6, 6.07) is 5.00. The number of allylic oxidation sites excluding steroid dienone is 1. The lowest BCUT2D eigenvalue weighted by atomic mass is 10.1. The van der Waals surface area contributed by atoms with Crippen molar-refractivity contribution in [2.45, 2.75) is 13.8 Å². The lowest BCUT2D eigenvalue weighted by Gasteiger charge is -2.04. The van der Waals surface area contributed by atoms with Crippen molar-refractivity contribution in [2.24, 2.45) is 5.92 Å². The van der Waals surface area contributed by atoms with Crippen LogP contribution in [0.4, 0.5) is 0 Å². The fourth-order valence-corrected chi connectivity index (χ4v) is 1.73. The van der Waals surface area contributed by atoms with Crippen molar-refractivity contribution < 1.29 is 4.92 Å². The van der Waals surface area contributed by atoms with Crippen LogP contribution >= 0.6 is 23.2 Å². The number of hydrogen-bond donors (Lipinski definition) is 0. The summed E-state index contributed by atoms with van der Waals surface area (Å²) in [5.41, 5.74) is 0.584. The van der Waals surface area contributed by atoms with Gasteiger partial charge in [0.25, 0.3) is 0 Å². The van der Waals surface area contributed by atoms with Crippen LogP contribution < -0.4 is 0 Å². The molecule has 0 amide bonds. The van der Waals surface area contributed by atoms with Gasteiger partial charge in [0.15, 0.2) is 0 Å². The van der Waals surface area contributed by atoms with Crippen molar-refractivity contribution in [1.82, 2.24) is 0 Å². The Hall–Kier alpha value is -1.06. The zero-order valence-electron chi connectivity index (χ0n) is 8.91. The van der Waals surface area contributed by atoms with E-state index in [0.717, 1.165) is 0 Å². The van der Waals surface area contributed by atoms with Crippen molar-refractivity contribution in [1.29, 1.82) is 0 Å². The summed E-state index contributed by atoms with van der Waals surface area (Å²) in [7, 11) is 0. The molecule has 0 bridgehead atoms. The van der Waals surface area contributed by atoms with E-state index in [1.807, 2.05) is 0 Å². The van der Waals surface area contributed by atoms with E-state index in [2.05, 4.69) is 0 Å². The predicted octanol–water partition coefficient (Wildman–Crippen LogP) is 4.27. The largest absolute Gasteiger partial charge is 0.259 e. The van der Waals surface area contributed by atoms with E-state index in [1.165, 1.54) is 6.08 Å². The highest BCUT2D eigenvalue weighted by Crippen LogP contribution is 2.28. The quantitative estimate of drug-likeness (QED) is 0.601. The van der Waals surface area contributed by atoms with E-state index in [1.54, 1.807) is 32.0 Å². The zero-order valence-corrected chi connectivity index (χ0v) is 10.4. The molecule has 0 aliphatic rings. The SMILES string of the molecule is CC(C)/C(=C/c1c(Cl)cccc1Cl)[N+](=O)[O-]. The third-order valence-electron chi connectivity index (χ3n) is 2.09. The summed E-state index contributed by atoms with van der Waals surface area (Å²) >= 11 is 11.9. The summed E-state index contributed by atoms with van der Waals surface area (Å²) in [6.45, 7) is 3.50. The third kappa shape index (κ3) is 2.97. The van der Waals surface area contributed by atoms with Gasteiger partial charge in [-0.05, 0) is 12.1 Å². The predicted molar refractivity (Wildman–Crippen MR) is 66.3 cm³/mol. The molecule has 0 atom stereocenters. The Morgan fingerprint density at radius 2 is 1.88 bits per heavy atom. The van der Waals surface area contributed by atoms with E-state index in [4.69, 9.17) is 23.2 Å². The highest BCUT2D eigenvalue weighted by atomic mass is 35.5. The van der Waals surface area contributed by atoms with Gasteiger partial charge < -0.3 is 0 Å². The van der Waals surface area contributed by atoms with Crippen LogP contribution in [-0.4, -0.2) is 4.92 Å². The van der Waals surface area contributed by atoms with E-state index in [-0.39, 0.29) is 11.6 Å². The van der Waals surface area contributed by atoms with Gasteiger partial charge in [-0.2, -0.15) is 0 Å². The molecule has 0 heterocycles. The Labute approximate surface area is 104 Å². The molecule has 0 radical (unpaired) electrons. The minimum Gasteiger partial charge on any atom is -0.259 e. The van der Waals surface area contributed by atoms with Gasteiger partial charge in [0.2, 0.25) is 5.70 Å². The van der Waals surface area contributed by atoms with Crippen molar-refractivity contribution in [3.63, 3.8) is 0 Å². The summed E-state index contributed by atoms with van der Waals surface area (Å²) in [4.78, 5) is 10.4. The van der Waals surface area contributed by atoms with Gasteiger partial charge in [-0.1, -0.05) is 43.1 Å². The smallest absolute Gasteiger partial charge is 0.249 e. The number of hydrogen-bond acceptors (Lipinski definition) is 2. The Kier molecular flexibility index (Phi) is 4.33. The molecule has 0 aliphatic heterocycles. The maximum atomic E-state index is 10.8. The van der Waals surface area contributed by atoms with Crippen LogP contribution in [0.15, 0.2) is 23.9 Å². The molecule has 1 aromatic rings. The standard InChI is InChI=1S/C11H11Cl2NO2/c1-7(2)11(14(15)16)6-8-9(12)4-3-5-10(8)13/h3-7H,1-2H3/b11-6-. The average molecular weight is 260 g/mol. The maximum absolute atomic E-state index is 10.8. The Morgan fingerprint density at radius 3 is 2.25 bits per heavy atom. The molecule has 0 spiro atoms. The van der Waals surface area contributed by atoms with Crippen LogP contribution in [0.2, 0.25) is 10.0 Å². The van der Waals surface area contributed by atoms with Gasteiger partial charge >= 0.3 is 0 Å². The van der Waals surface area contributed by atoms with Crippen LogP contribution in [0, 0.1) is 16.0 Å². The molecule has 5 heteroatoms.